The van der Waals surface area contributed by atoms with Crippen molar-refractivity contribution in [3.8, 4) is 0 Å². The Morgan fingerprint density at radius 3 is 2.50 bits per heavy atom. The number of hydrogen-bond acceptors (Lipinski definition) is 1. The van der Waals surface area contributed by atoms with Gasteiger partial charge in [0.15, 0.2) is 0 Å². The van der Waals surface area contributed by atoms with Gasteiger partial charge in [0, 0.05) is 11.6 Å². The summed E-state index contributed by atoms with van der Waals surface area (Å²) in [5.41, 5.74) is 0.222. The van der Waals surface area contributed by atoms with Crippen molar-refractivity contribution in [2.75, 3.05) is 6.54 Å². The maximum absolute atomic E-state index is 13.6. The first-order chi connectivity index (χ1) is 8.70. The largest absolute Gasteiger partial charge is 0.314 e. The Hall–Kier alpha value is -0.960. The lowest BCUT2D eigenvalue weighted by Gasteiger charge is -2.18. The third-order valence-electron chi connectivity index (χ3n) is 3.63. The van der Waals surface area contributed by atoms with Crippen molar-refractivity contribution >= 4 is 0 Å². The van der Waals surface area contributed by atoms with Crippen LogP contribution in [0.3, 0.4) is 0 Å². The Kier molecular flexibility index (Phi) is 4.70. The summed E-state index contributed by atoms with van der Waals surface area (Å²) in [7, 11) is 0. The van der Waals surface area contributed by atoms with Crippen molar-refractivity contribution in [1.29, 1.82) is 0 Å². The molecule has 1 aliphatic rings. The van der Waals surface area contributed by atoms with Crippen LogP contribution in [0.15, 0.2) is 18.2 Å². The predicted octanol–water partition coefficient (Wildman–Crippen LogP) is 3.68. The Balaban J connectivity index is 1.97. The molecule has 1 aliphatic carbocycles. The first kappa shape index (κ1) is 13.5. The molecule has 0 amide bonds. The van der Waals surface area contributed by atoms with Gasteiger partial charge in [0.2, 0.25) is 0 Å². The fourth-order valence-electron chi connectivity index (χ4n) is 2.38. The second-order valence-electron chi connectivity index (χ2n) is 5.18. The van der Waals surface area contributed by atoms with E-state index in [2.05, 4.69) is 5.32 Å². The van der Waals surface area contributed by atoms with E-state index in [0.717, 1.165) is 18.9 Å². The van der Waals surface area contributed by atoms with Crippen LogP contribution in [0, 0.1) is 17.6 Å². The topological polar surface area (TPSA) is 12.0 Å². The average molecular weight is 253 g/mol. The summed E-state index contributed by atoms with van der Waals surface area (Å²) in [6, 6.07) is 4.27. The molecule has 100 valence electrons. The van der Waals surface area contributed by atoms with Gasteiger partial charge in [-0.1, -0.05) is 25.8 Å². The predicted molar refractivity (Wildman–Crippen MR) is 69.5 cm³/mol. The molecule has 1 unspecified atom stereocenters. The highest BCUT2D eigenvalue weighted by molar-refractivity contribution is 5.20. The zero-order valence-corrected chi connectivity index (χ0v) is 10.9. The van der Waals surface area contributed by atoms with Crippen molar-refractivity contribution in [1.82, 2.24) is 5.32 Å². The molecule has 3 heteroatoms. The second kappa shape index (κ2) is 6.28. The molecule has 18 heavy (non-hydrogen) atoms. The van der Waals surface area contributed by atoms with Crippen LogP contribution in [0.1, 0.15) is 38.2 Å². The molecule has 0 saturated heterocycles. The molecular formula is C15H21F2N. The summed E-state index contributed by atoms with van der Waals surface area (Å²) in [5, 5.41) is 3.34. The lowest BCUT2D eigenvalue weighted by atomic mass is 9.99. The van der Waals surface area contributed by atoms with E-state index in [1.165, 1.54) is 37.5 Å². The maximum Gasteiger partial charge on any atom is 0.129 e. The molecule has 0 aromatic heterocycles. The summed E-state index contributed by atoms with van der Waals surface area (Å²) in [5.74, 6) is 0.00488. The van der Waals surface area contributed by atoms with E-state index in [1.807, 2.05) is 6.92 Å². The van der Waals surface area contributed by atoms with Crippen LogP contribution >= 0.6 is 0 Å². The van der Waals surface area contributed by atoms with Crippen LogP contribution in [-0.4, -0.2) is 12.6 Å². The molecule has 0 bridgehead atoms. The molecule has 1 fully saturated rings. The number of benzene rings is 1. The van der Waals surface area contributed by atoms with Crippen LogP contribution < -0.4 is 5.32 Å². The Bertz CT molecular complexity index is 368. The Labute approximate surface area is 108 Å². The first-order valence-electron chi connectivity index (χ1n) is 6.87. The zero-order chi connectivity index (χ0) is 13.0. The molecular weight excluding hydrogens is 232 g/mol. The molecule has 2 rings (SSSR count). The number of rotatable bonds is 7. The van der Waals surface area contributed by atoms with Gasteiger partial charge < -0.3 is 5.32 Å². The summed E-state index contributed by atoms with van der Waals surface area (Å²) in [6.45, 7) is 2.87. The third-order valence-corrected chi connectivity index (χ3v) is 3.63. The van der Waals surface area contributed by atoms with Crippen molar-refractivity contribution in [3.63, 3.8) is 0 Å². The quantitative estimate of drug-likeness (QED) is 0.781. The van der Waals surface area contributed by atoms with E-state index in [4.69, 9.17) is 0 Å². The van der Waals surface area contributed by atoms with Gasteiger partial charge >= 0.3 is 0 Å². The van der Waals surface area contributed by atoms with Gasteiger partial charge in [-0.2, -0.15) is 0 Å². The Morgan fingerprint density at radius 1 is 1.28 bits per heavy atom. The Morgan fingerprint density at radius 2 is 1.94 bits per heavy atom. The van der Waals surface area contributed by atoms with Gasteiger partial charge in [0.25, 0.3) is 0 Å². The molecule has 1 saturated carbocycles. The molecule has 1 nitrogen and oxygen atoms in total. The van der Waals surface area contributed by atoms with E-state index in [-0.39, 0.29) is 11.6 Å². The second-order valence-corrected chi connectivity index (χ2v) is 5.18. The van der Waals surface area contributed by atoms with Gasteiger partial charge in [-0.05, 0) is 43.9 Å². The molecule has 1 aromatic rings. The summed E-state index contributed by atoms with van der Waals surface area (Å²) in [4.78, 5) is 0. The van der Waals surface area contributed by atoms with Gasteiger partial charge in [0.1, 0.15) is 11.6 Å². The van der Waals surface area contributed by atoms with Gasteiger partial charge in [-0.15, -0.1) is 0 Å². The molecule has 1 atom stereocenters. The van der Waals surface area contributed by atoms with E-state index < -0.39 is 11.6 Å². The number of halogens is 2. The van der Waals surface area contributed by atoms with Crippen LogP contribution in [0.25, 0.3) is 0 Å². The molecule has 0 spiro atoms. The number of hydrogen-bond donors (Lipinski definition) is 1. The van der Waals surface area contributed by atoms with E-state index in [0.29, 0.717) is 6.42 Å². The fourth-order valence-corrected chi connectivity index (χ4v) is 2.38. The highest BCUT2D eigenvalue weighted by atomic mass is 19.1. The maximum atomic E-state index is 13.6. The smallest absolute Gasteiger partial charge is 0.129 e. The van der Waals surface area contributed by atoms with E-state index in [9.17, 15) is 8.78 Å². The van der Waals surface area contributed by atoms with Crippen LogP contribution in [0.4, 0.5) is 8.78 Å². The minimum Gasteiger partial charge on any atom is -0.314 e. The monoisotopic (exact) mass is 253 g/mol. The summed E-state index contributed by atoms with van der Waals surface area (Å²) < 4.78 is 27.2. The zero-order valence-electron chi connectivity index (χ0n) is 10.9. The normalized spacial score (nSPS) is 16.8. The van der Waals surface area contributed by atoms with Crippen LogP contribution in [-0.2, 0) is 6.42 Å². The van der Waals surface area contributed by atoms with E-state index in [1.54, 1.807) is 0 Å². The van der Waals surface area contributed by atoms with Crippen molar-refractivity contribution in [2.24, 2.45) is 5.92 Å². The lowest BCUT2D eigenvalue weighted by molar-refractivity contribution is 0.443. The minimum atomic E-state index is -0.427. The van der Waals surface area contributed by atoms with Gasteiger partial charge in [-0.25, -0.2) is 8.78 Å². The summed E-state index contributed by atoms with van der Waals surface area (Å²) >= 11 is 0. The highest BCUT2D eigenvalue weighted by Gasteiger charge is 2.23. The van der Waals surface area contributed by atoms with E-state index >= 15 is 0 Å². The van der Waals surface area contributed by atoms with Gasteiger partial charge in [-0.3, -0.25) is 0 Å². The molecule has 0 heterocycles. The molecule has 1 N–H and O–H groups in total. The SMILES string of the molecule is CCNC(CCC1CC1)Cc1c(F)cccc1F. The lowest BCUT2D eigenvalue weighted by Crippen LogP contribution is -2.31. The first-order valence-corrected chi connectivity index (χ1v) is 6.87. The van der Waals surface area contributed by atoms with Crippen molar-refractivity contribution in [3.05, 3.63) is 35.4 Å². The highest BCUT2D eigenvalue weighted by Crippen LogP contribution is 2.34. The summed E-state index contributed by atoms with van der Waals surface area (Å²) in [6.07, 6.45) is 5.28. The van der Waals surface area contributed by atoms with Crippen LogP contribution in [0.2, 0.25) is 0 Å². The average Bonchev–Trinajstić information content (AvgIpc) is 3.15. The third kappa shape index (κ3) is 3.77. The standard InChI is InChI=1S/C15H21F2N/c1-2-18-12(9-8-11-6-7-11)10-13-14(16)4-3-5-15(13)17/h3-5,11-12,18H,2,6-10H2,1H3. The molecule has 1 aromatic carbocycles. The van der Waals surface area contributed by atoms with Crippen molar-refractivity contribution < 1.29 is 8.78 Å². The van der Waals surface area contributed by atoms with Crippen molar-refractivity contribution in [2.45, 2.75) is 45.1 Å². The number of likely N-dealkylation sites (N-methyl/N-ethyl adjacent to an activating group) is 1. The fraction of sp³-hybridized carbons (Fsp3) is 0.600. The van der Waals surface area contributed by atoms with Gasteiger partial charge in [0.05, 0.1) is 0 Å². The minimum absolute atomic E-state index is 0.182. The molecule has 0 aliphatic heterocycles. The molecule has 0 radical (unpaired) electrons. The van der Waals surface area contributed by atoms with Crippen LogP contribution in [0.5, 0.6) is 0 Å². The number of nitrogens with one attached hydrogen (secondary N) is 1.